The molecule has 4 rings (SSSR count). The number of benzene rings is 2. The fourth-order valence-corrected chi connectivity index (χ4v) is 5.77. The van der Waals surface area contributed by atoms with Crippen molar-refractivity contribution in [1.82, 2.24) is 9.29 Å². The Balaban J connectivity index is 1.80. The summed E-state index contributed by atoms with van der Waals surface area (Å²) in [5, 5.41) is 1.21. The smallest absolute Gasteiger partial charge is 0.243 e. The van der Waals surface area contributed by atoms with Gasteiger partial charge in [0.1, 0.15) is 0 Å². The molecular weight excluding hydrogens is 447 g/mol. The summed E-state index contributed by atoms with van der Waals surface area (Å²) in [6, 6.07) is 15.1. The van der Waals surface area contributed by atoms with Crippen LogP contribution in [0.15, 0.2) is 53.4 Å². The molecule has 25 heavy (non-hydrogen) atoms. The van der Waals surface area contributed by atoms with Crippen LogP contribution in [0.4, 0.5) is 0 Å². The Morgan fingerprint density at radius 3 is 2.60 bits per heavy atom. The van der Waals surface area contributed by atoms with E-state index < -0.39 is 10.0 Å². The van der Waals surface area contributed by atoms with Crippen LogP contribution in [0.25, 0.3) is 10.9 Å². The molecule has 0 amide bonds. The Hall–Kier alpha value is -1.38. The average molecular weight is 466 g/mol. The van der Waals surface area contributed by atoms with Crippen molar-refractivity contribution in [3.63, 3.8) is 0 Å². The highest BCUT2D eigenvalue weighted by atomic mass is 127. The minimum atomic E-state index is -3.51. The lowest BCUT2D eigenvalue weighted by Gasteiger charge is -2.34. The number of sulfonamides is 1. The van der Waals surface area contributed by atoms with Gasteiger partial charge in [-0.25, -0.2) is 8.42 Å². The van der Waals surface area contributed by atoms with Gasteiger partial charge in [-0.3, -0.25) is 0 Å². The van der Waals surface area contributed by atoms with Crippen LogP contribution in [0.5, 0.6) is 0 Å². The first-order chi connectivity index (χ1) is 12.0. The number of hydrogen-bond acceptors (Lipinski definition) is 2. The zero-order valence-corrected chi connectivity index (χ0v) is 16.8. The average Bonchev–Trinajstić information content (AvgIpc) is 3.00. The molecule has 1 atom stereocenters. The predicted octanol–water partition coefficient (Wildman–Crippen LogP) is 4.47. The molecule has 0 fully saturated rings. The summed E-state index contributed by atoms with van der Waals surface area (Å²) in [6.45, 7) is 2.56. The van der Waals surface area contributed by atoms with Crippen LogP contribution in [0, 0.1) is 3.57 Å². The monoisotopic (exact) mass is 466 g/mol. The molecule has 0 bridgehead atoms. The van der Waals surface area contributed by atoms with Crippen LogP contribution in [0.3, 0.4) is 0 Å². The first-order valence-electron chi connectivity index (χ1n) is 8.39. The van der Waals surface area contributed by atoms with E-state index in [4.69, 9.17) is 0 Å². The standard InChI is InChI=1S/C19H19IN2O2S/c1-2-18-19-16(15-5-3-4-6-17(15)21-19)11-12-22(18)25(23,24)14-9-7-13(20)8-10-14/h3-10,18,21H,2,11-12H2,1H3. The largest absolute Gasteiger partial charge is 0.357 e. The number of aromatic nitrogens is 1. The van der Waals surface area contributed by atoms with E-state index in [-0.39, 0.29) is 6.04 Å². The lowest BCUT2D eigenvalue weighted by atomic mass is 9.98. The molecule has 130 valence electrons. The fourth-order valence-electron chi connectivity index (χ4n) is 3.73. The molecule has 1 aliphatic heterocycles. The third-order valence-electron chi connectivity index (χ3n) is 4.92. The van der Waals surface area contributed by atoms with Crippen molar-refractivity contribution in [3.8, 4) is 0 Å². The first-order valence-corrected chi connectivity index (χ1v) is 10.9. The maximum Gasteiger partial charge on any atom is 0.243 e. The SMILES string of the molecule is CCC1c2[nH]c3ccccc3c2CCN1S(=O)(=O)c1ccc(I)cc1. The first kappa shape index (κ1) is 17.1. The number of fused-ring (bicyclic) bond motifs is 3. The highest BCUT2D eigenvalue weighted by molar-refractivity contribution is 14.1. The normalized spacial score (nSPS) is 18.4. The quantitative estimate of drug-likeness (QED) is 0.580. The predicted molar refractivity (Wildman–Crippen MR) is 108 cm³/mol. The molecule has 1 N–H and O–H groups in total. The Bertz CT molecular complexity index is 1030. The van der Waals surface area contributed by atoms with Gasteiger partial charge < -0.3 is 4.98 Å². The molecule has 0 saturated heterocycles. The fraction of sp³-hybridized carbons (Fsp3) is 0.263. The summed E-state index contributed by atoms with van der Waals surface area (Å²) >= 11 is 2.19. The Kier molecular flexibility index (Phi) is 4.37. The van der Waals surface area contributed by atoms with Gasteiger partial charge in [-0.15, -0.1) is 0 Å². The second-order valence-corrected chi connectivity index (χ2v) is 9.44. The van der Waals surface area contributed by atoms with Gasteiger partial charge in [0.15, 0.2) is 0 Å². The summed E-state index contributed by atoms with van der Waals surface area (Å²) in [4.78, 5) is 3.84. The summed E-state index contributed by atoms with van der Waals surface area (Å²) in [7, 11) is -3.51. The van der Waals surface area contributed by atoms with Crippen LogP contribution < -0.4 is 0 Å². The van der Waals surface area contributed by atoms with Crippen molar-refractivity contribution >= 4 is 43.5 Å². The molecule has 2 heterocycles. The second-order valence-electron chi connectivity index (χ2n) is 6.31. The highest BCUT2D eigenvalue weighted by Crippen LogP contribution is 2.38. The van der Waals surface area contributed by atoms with E-state index in [1.165, 1.54) is 10.9 Å². The number of H-pyrrole nitrogens is 1. The van der Waals surface area contributed by atoms with Crippen molar-refractivity contribution in [1.29, 1.82) is 0 Å². The number of aromatic amines is 1. The van der Waals surface area contributed by atoms with Gasteiger partial charge in [0.25, 0.3) is 0 Å². The van der Waals surface area contributed by atoms with Crippen LogP contribution in [0.2, 0.25) is 0 Å². The number of para-hydroxylation sites is 1. The van der Waals surface area contributed by atoms with Crippen molar-refractivity contribution < 1.29 is 8.42 Å². The number of hydrogen-bond donors (Lipinski definition) is 1. The van der Waals surface area contributed by atoms with Crippen LogP contribution in [0.1, 0.15) is 30.6 Å². The summed E-state index contributed by atoms with van der Waals surface area (Å²) < 4.78 is 29.1. The van der Waals surface area contributed by atoms with Gasteiger partial charge >= 0.3 is 0 Å². The minimum absolute atomic E-state index is 0.152. The highest BCUT2D eigenvalue weighted by Gasteiger charge is 2.37. The summed E-state index contributed by atoms with van der Waals surface area (Å²) in [5.41, 5.74) is 3.39. The maximum absolute atomic E-state index is 13.2. The number of rotatable bonds is 3. The topological polar surface area (TPSA) is 53.2 Å². The van der Waals surface area contributed by atoms with E-state index in [0.29, 0.717) is 11.4 Å². The van der Waals surface area contributed by atoms with Gasteiger partial charge in [-0.1, -0.05) is 25.1 Å². The molecule has 1 aliphatic rings. The van der Waals surface area contributed by atoms with Gasteiger partial charge in [-0.05, 0) is 71.3 Å². The molecule has 4 nitrogen and oxygen atoms in total. The van der Waals surface area contributed by atoms with E-state index in [9.17, 15) is 8.42 Å². The Morgan fingerprint density at radius 1 is 1.16 bits per heavy atom. The second kappa shape index (κ2) is 6.41. The van der Waals surface area contributed by atoms with Crippen molar-refractivity contribution in [2.24, 2.45) is 0 Å². The zero-order chi connectivity index (χ0) is 17.6. The van der Waals surface area contributed by atoms with Crippen molar-refractivity contribution in [2.45, 2.75) is 30.7 Å². The molecular formula is C19H19IN2O2S. The van der Waals surface area contributed by atoms with Gasteiger partial charge in [0.2, 0.25) is 10.0 Å². The third-order valence-corrected chi connectivity index (χ3v) is 7.56. The molecule has 0 radical (unpaired) electrons. The summed E-state index contributed by atoms with van der Waals surface area (Å²) in [6.07, 6.45) is 1.48. The molecule has 3 aromatic rings. The summed E-state index contributed by atoms with van der Waals surface area (Å²) in [5.74, 6) is 0. The van der Waals surface area contributed by atoms with Crippen LogP contribution >= 0.6 is 22.6 Å². The van der Waals surface area contributed by atoms with E-state index in [1.54, 1.807) is 16.4 Å². The lowest BCUT2D eigenvalue weighted by Crippen LogP contribution is -2.39. The molecule has 2 aromatic carbocycles. The molecule has 0 aliphatic carbocycles. The van der Waals surface area contributed by atoms with E-state index in [2.05, 4.69) is 39.7 Å². The molecule has 6 heteroatoms. The van der Waals surface area contributed by atoms with E-state index in [0.717, 1.165) is 27.6 Å². The van der Waals surface area contributed by atoms with Crippen molar-refractivity contribution in [3.05, 3.63) is 63.4 Å². The van der Waals surface area contributed by atoms with E-state index >= 15 is 0 Å². The third kappa shape index (κ3) is 2.80. The van der Waals surface area contributed by atoms with Gasteiger partial charge in [-0.2, -0.15) is 4.31 Å². The number of nitrogens with zero attached hydrogens (tertiary/aromatic N) is 1. The molecule has 0 spiro atoms. The molecule has 1 aromatic heterocycles. The molecule has 1 unspecified atom stereocenters. The Morgan fingerprint density at radius 2 is 1.88 bits per heavy atom. The molecule has 0 saturated carbocycles. The minimum Gasteiger partial charge on any atom is -0.357 e. The van der Waals surface area contributed by atoms with E-state index in [1.807, 2.05) is 31.2 Å². The number of nitrogens with one attached hydrogen (secondary N) is 1. The van der Waals surface area contributed by atoms with Crippen LogP contribution in [-0.2, 0) is 16.4 Å². The van der Waals surface area contributed by atoms with Crippen molar-refractivity contribution in [2.75, 3.05) is 6.54 Å². The number of halogens is 1. The maximum atomic E-state index is 13.2. The Labute approximate surface area is 161 Å². The van der Waals surface area contributed by atoms with Crippen LogP contribution in [-0.4, -0.2) is 24.3 Å². The van der Waals surface area contributed by atoms with Gasteiger partial charge in [0, 0.05) is 26.7 Å². The van der Waals surface area contributed by atoms with Gasteiger partial charge in [0.05, 0.1) is 10.9 Å². The lowest BCUT2D eigenvalue weighted by molar-refractivity contribution is 0.297. The zero-order valence-electron chi connectivity index (χ0n) is 13.9.